The Morgan fingerprint density at radius 2 is 2.00 bits per heavy atom. The van der Waals surface area contributed by atoms with E-state index >= 15 is 0 Å². The maximum Gasteiger partial charge on any atom is 0.344 e. The van der Waals surface area contributed by atoms with Crippen molar-refractivity contribution < 1.29 is 19.1 Å². The Morgan fingerprint density at radius 3 is 2.81 bits per heavy atom. The van der Waals surface area contributed by atoms with E-state index in [-0.39, 0.29) is 5.82 Å². The summed E-state index contributed by atoms with van der Waals surface area (Å²) in [6, 6.07) is 18.9. The van der Waals surface area contributed by atoms with Gasteiger partial charge in [-0.15, -0.1) is 0 Å². The Morgan fingerprint density at radius 1 is 1.19 bits per heavy atom. The molecular formula is C26H17BrClN3O5. The molecule has 180 valence electrons. The SMILES string of the molecule is C[C@@H](Oc1ccc(Br)cc1C=Nn1c(-c2cc3cc(Cl)ccc3o2)nc2ccccc2c1=O)C(=O)O. The van der Waals surface area contributed by atoms with Crippen molar-refractivity contribution in [3.05, 3.63) is 92.1 Å². The number of nitrogens with zero attached hydrogens (tertiary/aromatic N) is 3. The molecule has 0 aliphatic rings. The molecule has 2 aromatic heterocycles. The minimum atomic E-state index is -1.11. The number of fused-ring (bicyclic) bond motifs is 2. The van der Waals surface area contributed by atoms with Crippen molar-refractivity contribution in [3.8, 4) is 17.3 Å². The number of hydrogen-bond donors (Lipinski definition) is 1. The van der Waals surface area contributed by atoms with Crippen LogP contribution in [0.15, 0.2) is 85.5 Å². The van der Waals surface area contributed by atoms with Gasteiger partial charge in [0.25, 0.3) is 5.56 Å². The molecule has 5 aromatic rings. The Hall–Kier alpha value is -3.95. The molecule has 0 bridgehead atoms. The van der Waals surface area contributed by atoms with Crippen LogP contribution >= 0.6 is 27.5 Å². The molecule has 2 heterocycles. The van der Waals surface area contributed by atoms with E-state index in [9.17, 15) is 14.7 Å². The number of aliphatic carboxylic acids is 1. The highest BCUT2D eigenvalue weighted by Crippen LogP contribution is 2.29. The van der Waals surface area contributed by atoms with Crippen LogP contribution < -0.4 is 10.3 Å². The van der Waals surface area contributed by atoms with Gasteiger partial charge in [0.2, 0.25) is 5.82 Å². The summed E-state index contributed by atoms with van der Waals surface area (Å²) in [6.45, 7) is 1.43. The highest BCUT2D eigenvalue weighted by Gasteiger charge is 2.18. The van der Waals surface area contributed by atoms with Gasteiger partial charge in [0.1, 0.15) is 11.3 Å². The first-order valence-electron chi connectivity index (χ1n) is 10.7. The molecule has 0 fully saturated rings. The van der Waals surface area contributed by atoms with Crippen molar-refractivity contribution >= 4 is 61.6 Å². The molecule has 36 heavy (non-hydrogen) atoms. The molecule has 1 N–H and O–H groups in total. The van der Waals surface area contributed by atoms with Crippen molar-refractivity contribution in [2.75, 3.05) is 0 Å². The topological polar surface area (TPSA) is 107 Å². The van der Waals surface area contributed by atoms with Crippen LogP contribution in [0.4, 0.5) is 0 Å². The van der Waals surface area contributed by atoms with Crippen LogP contribution in [0.2, 0.25) is 5.02 Å². The van der Waals surface area contributed by atoms with Crippen molar-refractivity contribution in [1.82, 2.24) is 9.66 Å². The van der Waals surface area contributed by atoms with E-state index in [1.165, 1.54) is 13.1 Å². The second-order valence-corrected chi connectivity index (χ2v) is 9.24. The monoisotopic (exact) mass is 565 g/mol. The lowest BCUT2D eigenvalue weighted by molar-refractivity contribution is -0.144. The van der Waals surface area contributed by atoms with Crippen LogP contribution in [-0.2, 0) is 4.79 Å². The maximum atomic E-state index is 13.5. The molecule has 3 aromatic carbocycles. The highest BCUT2D eigenvalue weighted by atomic mass is 79.9. The minimum absolute atomic E-state index is 0.193. The van der Waals surface area contributed by atoms with Gasteiger partial charge in [-0.05, 0) is 61.5 Å². The standard InChI is InChI=1S/C26H17BrClN3O5/c1-14(26(33)34)35-22-8-6-17(27)10-16(22)13-29-31-24(30-20-5-3-2-4-19(20)25(31)32)23-12-15-11-18(28)7-9-21(15)36-23/h2-14H,1H3,(H,33,34)/t14-/m1/s1. The molecule has 0 aliphatic carbocycles. The fraction of sp³-hybridized carbons (Fsp3) is 0.0769. The van der Waals surface area contributed by atoms with E-state index < -0.39 is 17.6 Å². The predicted octanol–water partition coefficient (Wildman–Crippen LogP) is 5.96. The van der Waals surface area contributed by atoms with Crippen molar-refractivity contribution in [1.29, 1.82) is 0 Å². The molecule has 0 saturated carbocycles. The van der Waals surface area contributed by atoms with E-state index in [0.717, 1.165) is 14.5 Å². The Labute approximate surface area is 217 Å². The number of carboxylic acids is 1. The van der Waals surface area contributed by atoms with Gasteiger partial charge in [-0.25, -0.2) is 9.78 Å². The number of carboxylic acid groups (broad SMARTS) is 1. The summed E-state index contributed by atoms with van der Waals surface area (Å²) in [5.74, 6) is -0.294. The third kappa shape index (κ3) is 4.62. The number of ether oxygens (including phenoxy) is 1. The average molecular weight is 567 g/mol. The second kappa shape index (κ2) is 9.60. The molecule has 0 saturated heterocycles. The average Bonchev–Trinajstić information content (AvgIpc) is 3.27. The fourth-order valence-electron chi connectivity index (χ4n) is 3.60. The number of rotatable bonds is 6. The quantitative estimate of drug-likeness (QED) is 0.254. The lowest BCUT2D eigenvalue weighted by Gasteiger charge is -2.13. The number of benzene rings is 3. The number of halogens is 2. The van der Waals surface area contributed by atoms with E-state index in [2.05, 4.69) is 26.0 Å². The van der Waals surface area contributed by atoms with Gasteiger partial charge in [0, 0.05) is 20.4 Å². The maximum absolute atomic E-state index is 13.5. The van der Waals surface area contributed by atoms with Gasteiger partial charge in [-0.1, -0.05) is 39.7 Å². The predicted molar refractivity (Wildman–Crippen MR) is 141 cm³/mol. The van der Waals surface area contributed by atoms with Gasteiger partial charge in [0.15, 0.2) is 11.9 Å². The van der Waals surface area contributed by atoms with Gasteiger partial charge >= 0.3 is 5.97 Å². The zero-order valence-electron chi connectivity index (χ0n) is 18.7. The third-order valence-electron chi connectivity index (χ3n) is 5.39. The van der Waals surface area contributed by atoms with Gasteiger partial charge in [0.05, 0.1) is 17.1 Å². The summed E-state index contributed by atoms with van der Waals surface area (Å²) in [4.78, 5) is 29.4. The van der Waals surface area contributed by atoms with Crippen molar-refractivity contribution in [2.45, 2.75) is 13.0 Å². The summed E-state index contributed by atoms with van der Waals surface area (Å²) in [6.07, 6.45) is 0.330. The van der Waals surface area contributed by atoms with Crippen LogP contribution in [0.3, 0.4) is 0 Å². The number of hydrogen-bond acceptors (Lipinski definition) is 6. The van der Waals surface area contributed by atoms with E-state index in [1.807, 2.05) is 0 Å². The summed E-state index contributed by atoms with van der Waals surface area (Å²) in [7, 11) is 0. The largest absolute Gasteiger partial charge is 0.479 e. The van der Waals surface area contributed by atoms with Gasteiger partial charge < -0.3 is 14.3 Å². The van der Waals surface area contributed by atoms with Crippen LogP contribution in [0, 0.1) is 0 Å². The zero-order valence-corrected chi connectivity index (χ0v) is 21.0. The summed E-state index contributed by atoms with van der Waals surface area (Å²) < 4.78 is 13.4. The summed E-state index contributed by atoms with van der Waals surface area (Å²) in [5, 5.41) is 15.3. The Bertz CT molecular complexity index is 1730. The molecule has 0 amide bonds. The Balaban J connectivity index is 1.68. The molecule has 0 aliphatic heterocycles. The summed E-state index contributed by atoms with van der Waals surface area (Å²) >= 11 is 9.52. The normalized spacial score (nSPS) is 12.4. The van der Waals surface area contributed by atoms with E-state index in [0.29, 0.717) is 38.6 Å². The summed E-state index contributed by atoms with van der Waals surface area (Å²) in [5.41, 5.74) is 1.13. The lowest BCUT2D eigenvalue weighted by atomic mass is 10.2. The van der Waals surface area contributed by atoms with Crippen LogP contribution in [0.5, 0.6) is 5.75 Å². The molecule has 0 radical (unpaired) electrons. The van der Waals surface area contributed by atoms with E-state index in [4.69, 9.17) is 20.8 Å². The molecule has 0 unspecified atom stereocenters. The number of furan rings is 1. The third-order valence-corrected chi connectivity index (χ3v) is 6.12. The molecular weight excluding hydrogens is 550 g/mol. The second-order valence-electron chi connectivity index (χ2n) is 7.89. The van der Waals surface area contributed by atoms with Crippen molar-refractivity contribution in [3.63, 3.8) is 0 Å². The van der Waals surface area contributed by atoms with E-state index in [1.54, 1.807) is 66.7 Å². The fourth-order valence-corrected chi connectivity index (χ4v) is 4.16. The van der Waals surface area contributed by atoms with Crippen LogP contribution in [-0.4, -0.2) is 33.1 Å². The van der Waals surface area contributed by atoms with Gasteiger partial charge in [-0.2, -0.15) is 9.78 Å². The molecule has 0 spiro atoms. The lowest BCUT2D eigenvalue weighted by Crippen LogP contribution is -2.23. The molecule has 1 atom stereocenters. The van der Waals surface area contributed by atoms with Crippen LogP contribution in [0.25, 0.3) is 33.5 Å². The van der Waals surface area contributed by atoms with Crippen LogP contribution in [0.1, 0.15) is 12.5 Å². The number of carbonyl (C=O) groups is 1. The first kappa shape index (κ1) is 23.8. The van der Waals surface area contributed by atoms with Gasteiger partial charge in [-0.3, -0.25) is 4.79 Å². The van der Waals surface area contributed by atoms with Crippen molar-refractivity contribution in [2.24, 2.45) is 5.10 Å². The molecule has 5 rings (SSSR count). The first-order chi connectivity index (χ1) is 17.3. The molecule has 10 heteroatoms. The first-order valence-corrected chi connectivity index (χ1v) is 11.9. The Kier molecular flexibility index (Phi) is 6.34. The highest BCUT2D eigenvalue weighted by molar-refractivity contribution is 9.10. The number of aromatic nitrogens is 2. The smallest absolute Gasteiger partial charge is 0.344 e. The minimum Gasteiger partial charge on any atom is -0.479 e. The number of para-hydroxylation sites is 1. The molecule has 8 nitrogen and oxygen atoms in total. The zero-order chi connectivity index (χ0) is 25.4.